The van der Waals surface area contributed by atoms with E-state index in [1.54, 1.807) is 30.4 Å². The summed E-state index contributed by atoms with van der Waals surface area (Å²) >= 11 is 0. The Bertz CT molecular complexity index is 1510. The van der Waals surface area contributed by atoms with Gasteiger partial charge in [0.05, 0.1) is 55.4 Å². The second-order valence-corrected chi connectivity index (χ2v) is 10.2. The molecule has 216 valence electrons. The molecule has 2 unspecified atom stereocenters. The molecule has 5 heterocycles. The summed E-state index contributed by atoms with van der Waals surface area (Å²) in [6, 6.07) is 5.08. The van der Waals surface area contributed by atoms with Crippen LogP contribution in [0.25, 0.3) is 22.2 Å². The Hall–Kier alpha value is -3.95. The molecule has 6 rings (SSSR count). The molecular formula is C27H33FN10O3. The molecule has 2 fully saturated rings. The van der Waals surface area contributed by atoms with Gasteiger partial charge < -0.3 is 30.0 Å². The Morgan fingerprint density at radius 1 is 1.27 bits per heavy atom. The van der Waals surface area contributed by atoms with Gasteiger partial charge in [-0.2, -0.15) is 5.10 Å². The van der Waals surface area contributed by atoms with Crippen molar-refractivity contribution in [3.63, 3.8) is 0 Å². The maximum absolute atomic E-state index is 15.0. The topological polar surface area (TPSA) is 137 Å². The van der Waals surface area contributed by atoms with Crippen LogP contribution in [0.2, 0.25) is 0 Å². The number of amides is 1. The third-order valence-electron chi connectivity index (χ3n) is 7.45. The number of H-pyrrole nitrogens is 1. The van der Waals surface area contributed by atoms with Crippen molar-refractivity contribution in [1.29, 1.82) is 0 Å². The molecule has 2 aliphatic rings. The van der Waals surface area contributed by atoms with Crippen molar-refractivity contribution < 1.29 is 18.7 Å². The molecule has 4 aromatic rings. The van der Waals surface area contributed by atoms with Gasteiger partial charge in [0, 0.05) is 50.4 Å². The number of methoxy groups -OCH3 is 1. The van der Waals surface area contributed by atoms with Gasteiger partial charge >= 0.3 is 0 Å². The first-order valence-electron chi connectivity index (χ1n) is 13.5. The van der Waals surface area contributed by atoms with Gasteiger partial charge in [0.15, 0.2) is 5.82 Å². The highest BCUT2D eigenvalue weighted by Crippen LogP contribution is 2.33. The van der Waals surface area contributed by atoms with E-state index in [1.807, 2.05) is 18.2 Å². The van der Waals surface area contributed by atoms with Gasteiger partial charge in [-0.3, -0.25) is 19.7 Å². The number of aromatic nitrogens is 5. The van der Waals surface area contributed by atoms with Crippen molar-refractivity contribution in [3.8, 4) is 11.3 Å². The zero-order valence-electron chi connectivity index (χ0n) is 22.9. The number of anilines is 3. The predicted molar refractivity (Wildman–Crippen MR) is 151 cm³/mol. The normalized spacial score (nSPS) is 19.0. The van der Waals surface area contributed by atoms with Crippen LogP contribution in [0, 0.1) is 5.82 Å². The molecule has 1 amide bonds. The lowest BCUT2D eigenvalue weighted by Crippen LogP contribution is -2.54. The molecular weight excluding hydrogens is 531 g/mol. The fourth-order valence-electron chi connectivity index (χ4n) is 5.18. The SMILES string of the molecule is COCC(C(=O)Nc1cccc2c(-c3nc(Nc4cnn(C5COCN5)c4)ncc3F)c[nH]c12)N1CCN(C)CC1. The molecule has 2 atom stereocenters. The van der Waals surface area contributed by atoms with Crippen LogP contribution in [0.1, 0.15) is 6.17 Å². The standard InChI is InChI=1S/C27H33FN10O3/c1-36-6-8-37(9-7-36)22(14-40-2)26(39)34-21-5-3-4-18-19(11-29-25(18)21)24-20(28)12-30-27(35-24)33-17-10-32-38(13-17)23-15-41-16-31-23/h3-5,10-13,22-23,29,31H,6-9,14-16H2,1-2H3,(H,34,39)(H,30,33,35). The van der Waals surface area contributed by atoms with Crippen molar-refractivity contribution in [2.24, 2.45) is 0 Å². The quantitative estimate of drug-likeness (QED) is 0.239. The summed E-state index contributed by atoms with van der Waals surface area (Å²) in [5.74, 6) is -0.492. The lowest BCUT2D eigenvalue weighted by atomic mass is 10.1. The molecule has 0 saturated carbocycles. The number of aromatic amines is 1. The molecule has 2 aliphatic heterocycles. The number of halogens is 1. The minimum Gasteiger partial charge on any atom is -0.383 e. The third kappa shape index (κ3) is 5.78. The van der Waals surface area contributed by atoms with Crippen molar-refractivity contribution in [2.45, 2.75) is 12.2 Å². The van der Waals surface area contributed by atoms with Gasteiger partial charge in [-0.05, 0) is 13.1 Å². The van der Waals surface area contributed by atoms with E-state index in [1.165, 1.54) is 0 Å². The van der Waals surface area contributed by atoms with Gasteiger partial charge in [0.25, 0.3) is 0 Å². The highest BCUT2D eigenvalue weighted by Gasteiger charge is 2.29. The van der Waals surface area contributed by atoms with E-state index in [0.717, 1.165) is 37.8 Å². The van der Waals surface area contributed by atoms with Crippen molar-refractivity contribution in [3.05, 3.63) is 48.8 Å². The van der Waals surface area contributed by atoms with Gasteiger partial charge in [-0.25, -0.2) is 14.4 Å². The Morgan fingerprint density at radius 2 is 2.12 bits per heavy atom. The number of carbonyl (C=O) groups is 1. The lowest BCUT2D eigenvalue weighted by Gasteiger charge is -2.36. The number of fused-ring (bicyclic) bond motifs is 1. The van der Waals surface area contributed by atoms with Gasteiger partial charge in [0.1, 0.15) is 17.9 Å². The Kier molecular flexibility index (Phi) is 7.89. The summed E-state index contributed by atoms with van der Waals surface area (Å²) in [5.41, 5.74) is 2.61. The van der Waals surface area contributed by atoms with E-state index in [0.29, 0.717) is 35.8 Å². The maximum Gasteiger partial charge on any atom is 0.244 e. The Labute approximate surface area is 236 Å². The maximum atomic E-state index is 15.0. The Morgan fingerprint density at radius 3 is 2.90 bits per heavy atom. The molecule has 0 bridgehead atoms. The molecule has 14 heteroatoms. The fraction of sp³-hybridized carbons (Fsp3) is 0.407. The smallest absolute Gasteiger partial charge is 0.244 e. The average molecular weight is 565 g/mol. The highest BCUT2D eigenvalue weighted by molar-refractivity contribution is 6.06. The number of carbonyl (C=O) groups excluding carboxylic acids is 1. The van der Waals surface area contributed by atoms with Crippen LogP contribution >= 0.6 is 0 Å². The lowest BCUT2D eigenvalue weighted by molar-refractivity contribution is -0.124. The number of nitrogens with one attached hydrogen (secondary N) is 4. The van der Waals surface area contributed by atoms with Crippen LogP contribution in [-0.2, 0) is 14.3 Å². The van der Waals surface area contributed by atoms with Crippen LogP contribution in [0.3, 0.4) is 0 Å². The third-order valence-corrected chi connectivity index (χ3v) is 7.45. The second kappa shape index (κ2) is 11.9. The molecule has 2 saturated heterocycles. The van der Waals surface area contributed by atoms with Crippen LogP contribution in [0.5, 0.6) is 0 Å². The van der Waals surface area contributed by atoms with Crippen molar-refractivity contribution in [1.82, 2.24) is 39.8 Å². The predicted octanol–water partition coefficient (Wildman–Crippen LogP) is 1.98. The zero-order valence-corrected chi connectivity index (χ0v) is 22.9. The number of benzene rings is 1. The molecule has 0 aliphatic carbocycles. The van der Waals surface area contributed by atoms with Crippen LogP contribution in [0.15, 0.2) is 43.0 Å². The number of likely N-dealkylation sites (N-methyl/N-ethyl adjacent to an activating group) is 1. The molecule has 1 aromatic carbocycles. The van der Waals surface area contributed by atoms with Gasteiger partial charge in [-0.15, -0.1) is 0 Å². The number of ether oxygens (including phenoxy) is 2. The summed E-state index contributed by atoms with van der Waals surface area (Å²) < 4.78 is 27.5. The summed E-state index contributed by atoms with van der Waals surface area (Å²) in [6.07, 6.45) is 6.22. The molecule has 0 spiro atoms. The number of hydrogen-bond acceptors (Lipinski definition) is 10. The van der Waals surface area contributed by atoms with Crippen LogP contribution < -0.4 is 16.0 Å². The van der Waals surface area contributed by atoms with Gasteiger partial charge in [0.2, 0.25) is 11.9 Å². The molecule has 4 N–H and O–H groups in total. The van der Waals surface area contributed by atoms with Crippen LogP contribution in [-0.4, -0.2) is 107 Å². The molecule has 3 aromatic heterocycles. The van der Waals surface area contributed by atoms with E-state index < -0.39 is 11.9 Å². The molecule has 13 nitrogen and oxygen atoms in total. The zero-order chi connectivity index (χ0) is 28.3. The van der Waals surface area contributed by atoms with E-state index in [2.05, 4.69) is 52.8 Å². The molecule has 0 radical (unpaired) electrons. The van der Waals surface area contributed by atoms with Gasteiger partial charge in [-0.1, -0.05) is 12.1 Å². The first-order valence-corrected chi connectivity index (χ1v) is 13.5. The average Bonchev–Trinajstić information content (AvgIpc) is 3.75. The minimum absolute atomic E-state index is 0.0533. The fourth-order valence-corrected chi connectivity index (χ4v) is 5.18. The summed E-state index contributed by atoms with van der Waals surface area (Å²) in [5, 5.41) is 14.4. The number of hydrogen-bond donors (Lipinski definition) is 4. The first-order chi connectivity index (χ1) is 20.0. The summed E-state index contributed by atoms with van der Waals surface area (Å²) in [6.45, 7) is 4.61. The number of piperazine rings is 1. The second-order valence-electron chi connectivity index (χ2n) is 10.2. The van der Waals surface area contributed by atoms with E-state index >= 15 is 4.39 Å². The molecule has 41 heavy (non-hydrogen) atoms. The van der Waals surface area contributed by atoms with Crippen molar-refractivity contribution >= 4 is 34.1 Å². The number of para-hydroxylation sites is 1. The first kappa shape index (κ1) is 27.2. The largest absolute Gasteiger partial charge is 0.383 e. The highest BCUT2D eigenvalue weighted by atomic mass is 19.1. The van der Waals surface area contributed by atoms with E-state index in [4.69, 9.17) is 9.47 Å². The minimum atomic E-state index is -0.566. The van der Waals surface area contributed by atoms with Crippen LogP contribution in [0.4, 0.5) is 21.7 Å². The summed E-state index contributed by atoms with van der Waals surface area (Å²) in [4.78, 5) is 29.6. The van der Waals surface area contributed by atoms with Crippen molar-refractivity contribution in [2.75, 3.05) is 70.9 Å². The Balaban J connectivity index is 1.23. The van der Waals surface area contributed by atoms with E-state index in [-0.39, 0.29) is 30.3 Å². The number of rotatable bonds is 9. The monoisotopic (exact) mass is 564 g/mol. The summed E-state index contributed by atoms with van der Waals surface area (Å²) in [7, 11) is 3.67. The van der Waals surface area contributed by atoms with E-state index in [9.17, 15) is 4.79 Å². The number of nitrogens with zero attached hydrogens (tertiary/aromatic N) is 6.